The standard InChI is InChI=1S/C22H35N3O3/c1-17-7-9-25(10-8-17)22(26)18(2)24-13-11-23(12-14-24)16-19-15-20(27-3)5-6-21(19)28-4/h5-6,15,17-18H,7-14,16H2,1-4H3. The summed E-state index contributed by atoms with van der Waals surface area (Å²) >= 11 is 0. The van der Waals surface area contributed by atoms with Crippen LogP contribution in [0.3, 0.4) is 0 Å². The maximum atomic E-state index is 12.9. The Morgan fingerprint density at radius 3 is 2.36 bits per heavy atom. The second kappa shape index (κ2) is 9.61. The first kappa shape index (κ1) is 20.9. The topological polar surface area (TPSA) is 45.3 Å². The van der Waals surface area contributed by atoms with Crippen LogP contribution in [0.2, 0.25) is 0 Å². The molecule has 0 spiro atoms. The highest BCUT2D eigenvalue weighted by atomic mass is 16.5. The first-order valence-corrected chi connectivity index (χ1v) is 10.5. The van der Waals surface area contributed by atoms with E-state index in [0.717, 1.165) is 81.6 Å². The number of benzene rings is 1. The summed E-state index contributed by atoms with van der Waals surface area (Å²) in [6.45, 7) is 10.8. The molecule has 28 heavy (non-hydrogen) atoms. The van der Waals surface area contributed by atoms with Crippen molar-refractivity contribution >= 4 is 5.91 Å². The van der Waals surface area contributed by atoms with Gasteiger partial charge in [0.1, 0.15) is 11.5 Å². The Bertz CT molecular complexity index is 650. The van der Waals surface area contributed by atoms with E-state index in [-0.39, 0.29) is 6.04 Å². The summed E-state index contributed by atoms with van der Waals surface area (Å²) in [6.07, 6.45) is 2.27. The minimum atomic E-state index is -0.0260. The number of ether oxygens (including phenoxy) is 2. The van der Waals surface area contributed by atoms with Crippen molar-refractivity contribution in [3.8, 4) is 11.5 Å². The Labute approximate surface area is 169 Å². The minimum Gasteiger partial charge on any atom is -0.497 e. The van der Waals surface area contributed by atoms with Crippen molar-refractivity contribution in [1.82, 2.24) is 14.7 Å². The van der Waals surface area contributed by atoms with Gasteiger partial charge >= 0.3 is 0 Å². The largest absolute Gasteiger partial charge is 0.497 e. The highest BCUT2D eigenvalue weighted by Gasteiger charge is 2.30. The average Bonchev–Trinajstić information content (AvgIpc) is 2.73. The van der Waals surface area contributed by atoms with E-state index in [9.17, 15) is 4.79 Å². The maximum absolute atomic E-state index is 12.9. The summed E-state index contributed by atoms with van der Waals surface area (Å²) in [7, 11) is 3.39. The van der Waals surface area contributed by atoms with Gasteiger partial charge in [-0.3, -0.25) is 14.6 Å². The molecule has 1 atom stereocenters. The first-order valence-electron chi connectivity index (χ1n) is 10.5. The van der Waals surface area contributed by atoms with E-state index in [1.54, 1.807) is 14.2 Å². The van der Waals surface area contributed by atoms with Gasteiger partial charge in [-0.1, -0.05) is 6.92 Å². The van der Waals surface area contributed by atoms with Gasteiger partial charge in [0.15, 0.2) is 0 Å². The molecule has 1 unspecified atom stereocenters. The van der Waals surface area contributed by atoms with Crippen LogP contribution in [0.4, 0.5) is 0 Å². The zero-order valence-corrected chi connectivity index (χ0v) is 17.8. The second-order valence-corrected chi connectivity index (χ2v) is 8.17. The fraction of sp³-hybridized carbons (Fsp3) is 0.682. The van der Waals surface area contributed by atoms with Gasteiger partial charge < -0.3 is 14.4 Å². The smallest absolute Gasteiger partial charge is 0.239 e. The number of piperazine rings is 1. The van der Waals surface area contributed by atoms with E-state index in [4.69, 9.17) is 9.47 Å². The minimum absolute atomic E-state index is 0.0260. The molecule has 0 radical (unpaired) electrons. The van der Waals surface area contributed by atoms with Gasteiger partial charge in [-0.25, -0.2) is 0 Å². The average molecular weight is 390 g/mol. The number of piperidine rings is 1. The number of rotatable bonds is 6. The number of amides is 1. The van der Waals surface area contributed by atoms with Crippen LogP contribution in [0.25, 0.3) is 0 Å². The Morgan fingerprint density at radius 1 is 1.07 bits per heavy atom. The molecule has 0 N–H and O–H groups in total. The molecular weight excluding hydrogens is 354 g/mol. The van der Waals surface area contributed by atoms with Crippen molar-refractivity contribution in [3.05, 3.63) is 23.8 Å². The van der Waals surface area contributed by atoms with E-state index in [2.05, 4.69) is 34.6 Å². The number of carbonyl (C=O) groups is 1. The SMILES string of the molecule is COc1ccc(OC)c(CN2CCN(C(C)C(=O)N3CCC(C)CC3)CC2)c1. The predicted molar refractivity (Wildman–Crippen MR) is 111 cm³/mol. The fourth-order valence-electron chi connectivity index (χ4n) is 4.20. The highest BCUT2D eigenvalue weighted by molar-refractivity contribution is 5.81. The summed E-state index contributed by atoms with van der Waals surface area (Å²) in [5.74, 6) is 2.79. The van der Waals surface area contributed by atoms with Crippen LogP contribution in [0.15, 0.2) is 18.2 Å². The second-order valence-electron chi connectivity index (χ2n) is 8.17. The van der Waals surface area contributed by atoms with Gasteiger partial charge in [-0.2, -0.15) is 0 Å². The molecule has 0 saturated carbocycles. The number of methoxy groups -OCH3 is 2. The molecule has 0 aliphatic carbocycles. The van der Waals surface area contributed by atoms with Crippen LogP contribution in [0.5, 0.6) is 11.5 Å². The highest BCUT2D eigenvalue weighted by Crippen LogP contribution is 2.26. The van der Waals surface area contributed by atoms with Crippen molar-refractivity contribution in [3.63, 3.8) is 0 Å². The zero-order valence-electron chi connectivity index (χ0n) is 17.8. The lowest BCUT2D eigenvalue weighted by Gasteiger charge is -2.40. The lowest BCUT2D eigenvalue weighted by Crippen LogP contribution is -2.55. The maximum Gasteiger partial charge on any atom is 0.239 e. The molecule has 6 nitrogen and oxygen atoms in total. The van der Waals surface area contributed by atoms with Crippen molar-refractivity contribution in [2.24, 2.45) is 5.92 Å². The summed E-state index contributed by atoms with van der Waals surface area (Å²) in [4.78, 5) is 19.7. The van der Waals surface area contributed by atoms with Gasteiger partial charge in [-0.15, -0.1) is 0 Å². The molecular formula is C22H35N3O3. The lowest BCUT2D eigenvalue weighted by atomic mass is 9.98. The number of hydrogen-bond acceptors (Lipinski definition) is 5. The molecule has 6 heteroatoms. The Hall–Kier alpha value is -1.79. The van der Waals surface area contributed by atoms with E-state index in [1.165, 1.54) is 0 Å². The zero-order chi connectivity index (χ0) is 20.1. The van der Waals surface area contributed by atoms with Gasteiger partial charge in [0.2, 0.25) is 5.91 Å². The number of carbonyl (C=O) groups excluding carboxylic acids is 1. The summed E-state index contributed by atoms with van der Waals surface area (Å²) in [6, 6.07) is 5.91. The van der Waals surface area contributed by atoms with Gasteiger partial charge in [0.25, 0.3) is 0 Å². The first-order chi connectivity index (χ1) is 13.5. The molecule has 2 aliphatic heterocycles. The third kappa shape index (κ3) is 4.97. The summed E-state index contributed by atoms with van der Waals surface area (Å²) in [5, 5.41) is 0. The molecule has 0 aromatic heterocycles. The van der Waals surface area contributed by atoms with Crippen LogP contribution in [-0.4, -0.2) is 80.1 Å². The normalized spacial score (nSPS) is 20.8. The number of hydrogen-bond donors (Lipinski definition) is 0. The monoisotopic (exact) mass is 389 g/mol. The van der Waals surface area contributed by atoms with Crippen LogP contribution in [0, 0.1) is 5.92 Å². The Morgan fingerprint density at radius 2 is 1.75 bits per heavy atom. The molecule has 1 amide bonds. The molecule has 2 heterocycles. The third-order valence-electron chi connectivity index (χ3n) is 6.29. The summed E-state index contributed by atoms with van der Waals surface area (Å²) < 4.78 is 10.9. The molecule has 3 rings (SSSR count). The molecule has 1 aromatic carbocycles. The fourth-order valence-corrected chi connectivity index (χ4v) is 4.20. The van der Waals surface area contributed by atoms with Gasteiger partial charge in [0, 0.05) is 51.4 Å². The molecule has 156 valence electrons. The van der Waals surface area contributed by atoms with Crippen molar-refractivity contribution in [2.75, 3.05) is 53.5 Å². The Balaban J connectivity index is 1.52. The predicted octanol–water partition coefficient (Wildman–Crippen LogP) is 2.47. The van der Waals surface area contributed by atoms with E-state index < -0.39 is 0 Å². The molecule has 0 bridgehead atoms. The van der Waals surface area contributed by atoms with Crippen LogP contribution >= 0.6 is 0 Å². The van der Waals surface area contributed by atoms with Crippen molar-refractivity contribution in [2.45, 2.75) is 39.3 Å². The van der Waals surface area contributed by atoms with Gasteiger partial charge in [0.05, 0.1) is 20.3 Å². The van der Waals surface area contributed by atoms with Crippen molar-refractivity contribution in [1.29, 1.82) is 0 Å². The van der Waals surface area contributed by atoms with Crippen LogP contribution < -0.4 is 9.47 Å². The summed E-state index contributed by atoms with van der Waals surface area (Å²) in [5.41, 5.74) is 1.14. The van der Waals surface area contributed by atoms with Gasteiger partial charge in [-0.05, 0) is 43.9 Å². The van der Waals surface area contributed by atoms with E-state index in [1.807, 2.05) is 12.1 Å². The van der Waals surface area contributed by atoms with E-state index in [0.29, 0.717) is 5.91 Å². The lowest BCUT2D eigenvalue weighted by molar-refractivity contribution is -0.138. The third-order valence-corrected chi connectivity index (χ3v) is 6.29. The number of likely N-dealkylation sites (tertiary alicyclic amines) is 1. The molecule has 1 aromatic rings. The molecule has 2 saturated heterocycles. The quantitative estimate of drug-likeness (QED) is 0.748. The van der Waals surface area contributed by atoms with Crippen LogP contribution in [0.1, 0.15) is 32.3 Å². The molecule has 2 fully saturated rings. The Kier molecular flexibility index (Phi) is 7.18. The number of nitrogens with zero attached hydrogens (tertiary/aromatic N) is 3. The van der Waals surface area contributed by atoms with E-state index >= 15 is 0 Å². The molecule has 2 aliphatic rings. The van der Waals surface area contributed by atoms with Crippen LogP contribution in [-0.2, 0) is 11.3 Å². The van der Waals surface area contributed by atoms with Crippen molar-refractivity contribution < 1.29 is 14.3 Å².